The lowest BCUT2D eigenvalue weighted by atomic mass is 10.3. The lowest BCUT2D eigenvalue weighted by Gasteiger charge is -2.07. The third-order valence-electron chi connectivity index (χ3n) is 2.04. The first-order valence-electron chi connectivity index (χ1n) is 4.70. The van der Waals surface area contributed by atoms with E-state index >= 15 is 0 Å². The summed E-state index contributed by atoms with van der Waals surface area (Å²) in [5, 5.41) is 0. The number of nitrogens with zero attached hydrogens (tertiary/aromatic N) is 1. The minimum absolute atomic E-state index is 0.000185. The summed E-state index contributed by atoms with van der Waals surface area (Å²) in [4.78, 5) is 3.76. The number of halogens is 2. The van der Waals surface area contributed by atoms with Gasteiger partial charge in [0.05, 0.1) is 0 Å². The normalized spacial score (nSPS) is 10.2. The average Bonchev–Trinajstić information content (AvgIpc) is 2.26. The third-order valence-corrected chi connectivity index (χ3v) is 2.04. The first kappa shape index (κ1) is 11.1. The standard InChI is InChI=1S/C11H9F2N3O/c12-8-3-7(4-9(13)11(8)15)17-6-1-2-16-10(14)5-6/h1-5H,15H2,(H2,14,16). The Morgan fingerprint density at radius 3 is 2.24 bits per heavy atom. The molecule has 1 heterocycles. The fourth-order valence-electron chi connectivity index (χ4n) is 1.25. The van der Waals surface area contributed by atoms with Crippen LogP contribution in [0.2, 0.25) is 0 Å². The van der Waals surface area contributed by atoms with Gasteiger partial charge in [-0.05, 0) is 6.07 Å². The fraction of sp³-hybridized carbons (Fsp3) is 0. The topological polar surface area (TPSA) is 74.2 Å². The predicted molar refractivity (Wildman–Crippen MR) is 59.5 cm³/mol. The first-order valence-corrected chi connectivity index (χ1v) is 4.70. The van der Waals surface area contributed by atoms with Crippen LogP contribution in [0.3, 0.4) is 0 Å². The van der Waals surface area contributed by atoms with Crippen LogP contribution < -0.4 is 16.2 Å². The van der Waals surface area contributed by atoms with Crippen LogP contribution in [0.15, 0.2) is 30.5 Å². The molecule has 0 saturated heterocycles. The Morgan fingerprint density at radius 2 is 1.65 bits per heavy atom. The Labute approximate surface area is 95.8 Å². The number of hydrogen-bond donors (Lipinski definition) is 2. The van der Waals surface area contributed by atoms with Gasteiger partial charge in [0.15, 0.2) is 11.6 Å². The van der Waals surface area contributed by atoms with Gasteiger partial charge in [-0.3, -0.25) is 0 Å². The van der Waals surface area contributed by atoms with E-state index in [0.717, 1.165) is 12.1 Å². The Hall–Kier alpha value is -2.37. The highest BCUT2D eigenvalue weighted by Gasteiger charge is 2.09. The van der Waals surface area contributed by atoms with Gasteiger partial charge in [-0.2, -0.15) is 0 Å². The van der Waals surface area contributed by atoms with E-state index in [9.17, 15) is 8.78 Å². The van der Waals surface area contributed by atoms with Crippen molar-refractivity contribution in [3.8, 4) is 11.5 Å². The smallest absolute Gasteiger partial charge is 0.152 e. The van der Waals surface area contributed by atoms with Crippen LogP contribution in [0.4, 0.5) is 20.3 Å². The molecule has 6 heteroatoms. The summed E-state index contributed by atoms with van der Waals surface area (Å²) in [6.45, 7) is 0. The molecule has 0 amide bonds. The van der Waals surface area contributed by atoms with Crippen molar-refractivity contribution in [1.82, 2.24) is 4.98 Å². The van der Waals surface area contributed by atoms with E-state index in [1.165, 1.54) is 18.3 Å². The van der Waals surface area contributed by atoms with E-state index in [2.05, 4.69) is 4.98 Å². The number of ether oxygens (including phenoxy) is 1. The average molecular weight is 237 g/mol. The van der Waals surface area contributed by atoms with Crippen LogP contribution in [0.1, 0.15) is 0 Å². The molecule has 2 aromatic rings. The summed E-state index contributed by atoms with van der Waals surface area (Å²) in [5.74, 6) is -1.16. The maximum absolute atomic E-state index is 13.1. The summed E-state index contributed by atoms with van der Waals surface area (Å²) in [6, 6.07) is 4.94. The largest absolute Gasteiger partial charge is 0.457 e. The highest BCUT2D eigenvalue weighted by molar-refractivity contribution is 5.47. The molecule has 4 N–H and O–H groups in total. The van der Waals surface area contributed by atoms with Crippen molar-refractivity contribution in [3.63, 3.8) is 0 Å². The third kappa shape index (κ3) is 2.41. The van der Waals surface area contributed by atoms with Crippen molar-refractivity contribution in [2.24, 2.45) is 0 Å². The van der Waals surface area contributed by atoms with Crippen molar-refractivity contribution in [2.45, 2.75) is 0 Å². The second kappa shape index (κ2) is 4.25. The molecule has 0 fully saturated rings. The summed E-state index contributed by atoms with van der Waals surface area (Å²) in [7, 11) is 0. The molecule has 0 bridgehead atoms. The Kier molecular flexibility index (Phi) is 2.78. The molecule has 0 saturated carbocycles. The van der Waals surface area contributed by atoms with Gasteiger partial charge in [-0.1, -0.05) is 0 Å². The van der Waals surface area contributed by atoms with Gasteiger partial charge in [0.25, 0.3) is 0 Å². The molecular formula is C11H9F2N3O. The molecule has 0 atom stereocenters. The molecule has 0 aliphatic heterocycles. The van der Waals surface area contributed by atoms with Gasteiger partial charge in [0.1, 0.15) is 23.0 Å². The molecule has 0 aliphatic carbocycles. The quantitative estimate of drug-likeness (QED) is 0.786. The number of anilines is 2. The van der Waals surface area contributed by atoms with Crippen LogP contribution in [0.5, 0.6) is 11.5 Å². The van der Waals surface area contributed by atoms with E-state index in [4.69, 9.17) is 16.2 Å². The van der Waals surface area contributed by atoms with Gasteiger partial charge in [-0.25, -0.2) is 13.8 Å². The van der Waals surface area contributed by atoms with E-state index < -0.39 is 17.3 Å². The maximum atomic E-state index is 13.1. The number of hydrogen-bond acceptors (Lipinski definition) is 4. The van der Waals surface area contributed by atoms with Gasteiger partial charge >= 0.3 is 0 Å². The predicted octanol–water partition coefficient (Wildman–Crippen LogP) is 2.32. The van der Waals surface area contributed by atoms with Crippen LogP contribution in [-0.2, 0) is 0 Å². The highest BCUT2D eigenvalue weighted by atomic mass is 19.1. The zero-order valence-corrected chi connectivity index (χ0v) is 8.65. The van der Waals surface area contributed by atoms with Crippen molar-refractivity contribution in [1.29, 1.82) is 0 Å². The number of aromatic nitrogens is 1. The SMILES string of the molecule is Nc1cc(Oc2cc(F)c(N)c(F)c2)ccn1. The number of nitrogens with two attached hydrogens (primary N) is 2. The minimum Gasteiger partial charge on any atom is -0.457 e. The molecule has 0 spiro atoms. The Balaban J connectivity index is 2.31. The molecule has 4 nitrogen and oxygen atoms in total. The summed E-state index contributed by atoms with van der Waals surface area (Å²) in [6.07, 6.45) is 1.43. The van der Waals surface area contributed by atoms with E-state index in [1.54, 1.807) is 0 Å². The van der Waals surface area contributed by atoms with Crippen molar-refractivity contribution in [3.05, 3.63) is 42.1 Å². The van der Waals surface area contributed by atoms with Crippen LogP contribution in [0, 0.1) is 11.6 Å². The number of rotatable bonds is 2. The fourth-order valence-corrected chi connectivity index (χ4v) is 1.25. The molecule has 0 aliphatic rings. The van der Waals surface area contributed by atoms with Crippen molar-refractivity contribution < 1.29 is 13.5 Å². The van der Waals surface area contributed by atoms with Gasteiger partial charge in [-0.15, -0.1) is 0 Å². The summed E-state index contributed by atoms with van der Waals surface area (Å²) in [5.41, 5.74) is 10.0. The molecule has 2 rings (SSSR count). The monoisotopic (exact) mass is 237 g/mol. The van der Waals surface area contributed by atoms with Gasteiger partial charge < -0.3 is 16.2 Å². The van der Waals surface area contributed by atoms with E-state index in [-0.39, 0.29) is 11.6 Å². The molecule has 88 valence electrons. The summed E-state index contributed by atoms with van der Waals surface area (Å²) >= 11 is 0. The Bertz CT molecular complexity index is 537. The number of pyridine rings is 1. The second-order valence-electron chi connectivity index (χ2n) is 3.32. The van der Waals surface area contributed by atoms with Crippen LogP contribution in [0.25, 0.3) is 0 Å². The molecule has 0 radical (unpaired) electrons. The summed E-state index contributed by atoms with van der Waals surface area (Å²) < 4.78 is 31.5. The minimum atomic E-state index is -0.873. The lowest BCUT2D eigenvalue weighted by molar-refractivity contribution is 0.469. The molecular weight excluding hydrogens is 228 g/mol. The number of benzene rings is 1. The van der Waals surface area contributed by atoms with Gasteiger partial charge in [0.2, 0.25) is 0 Å². The highest BCUT2D eigenvalue weighted by Crippen LogP contribution is 2.27. The van der Waals surface area contributed by atoms with Crippen LogP contribution in [-0.4, -0.2) is 4.98 Å². The second-order valence-corrected chi connectivity index (χ2v) is 3.32. The molecule has 0 unspecified atom stereocenters. The zero-order chi connectivity index (χ0) is 12.4. The number of nitrogen functional groups attached to an aromatic ring is 2. The van der Waals surface area contributed by atoms with Crippen LogP contribution >= 0.6 is 0 Å². The van der Waals surface area contributed by atoms with Gasteiger partial charge in [0, 0.05) is 24.4 Å². The van der Waals surface area contributed by atoms with Crippen molar-refractivity contribution in [2.75, 3.05) is 11.5 Å². The zero-order valence-electron chi connectivity index (χ0n) is 8.65. The Morgan fingerprint density at radius 1 is 1.00 bits per heavy atom. The maximum Gasteiger partial charge on any atom is 0.152 e. The van der Waals surface area contributed by atoms with Crippen molar-refractivity contribution >= 4 is 11.5 Å². The molecule has 1 aromatic heterocycles. The van der Waals surface area contributed by atoms with E-state index in [1.807, 2.05) is 0 Å². The molecule has 1 aromatic carbocycles. The van der Waals surface area contributed by atoms with E-state index in [0.29, 0.717) is 5.75 Å². The first-order chi connectivity index (χ1) is 8.06. The molecule has 17 heavy (non-hydrogen) atoms. The lowest BCUT2D eigenvalue weighted by Crippen LogP contribution is -1.97.